The molecule has 0 amide bonds. The molecular weight excluding hydrogens is 639 g/mol. The van der Waals surface area contributed by atoms with Gasteiger partial charge in [-0.05, 0) is 94.9 Å². The predicted octanol–water partition coefficient (Wildman–Crippen LogP) is 6.96. The molecule has 5 aromatic rings. The van der Waals surface area contributed by atoms with Gasteiger partial charge in [0.25, 0.3) is 0 Å². The third kappa shape index (κ3) is 6.24. The van der Waals surface area contributed by atoms with E-state index in [2.05, 4.69) is 39.5 Å². The van der Waals surface area contributed by atoms with E-state index < -0.39 is 15.1 Å². The third-order valence-corrected chi connectivity index (χ3v) is 11.9. The van der Waals surface area contributed by atoms with Crippen molar-refractivity contribution >= 4 is 44.0 Å². The Kier molecular flexibility index (Phi) is 9.03. The van der Waals surface area contributed by atoms with Crippen LogP contribution >= 0.6 is 0 Å². The van der Waals surface area contributed by atoms with Gasteiger partial charge in [-0.25, -0.2) is 8.42 Å². The molecule has 2 aliphatic rings. The van der Waals surface area contributed by atoms with Crippen molar-refractivity contribution in [3.63, 3.8) is 0 Å². The number of para-hydroxylation sites is 1. The smallest absolute Gasteiger partial charge is 0.237 e. The first kappa shape index (κ1) is 33.0. The number of aromatic amines is 1. The summed E-state index contributed by atoms with van der Waals surface area (Å²) in [5, 5.41) is 11.2. The largest absolute Gasteiger partial charge is 0.468 e. The second-order valence-corrected chi connectivity index (χ2v) is 15.6. The number of anilines is 4. The molecule has 3 aromatic carbocycles. The van der Waals surface area contributed by atoms with Crippen LogP contribution in [0.4, 0.5) is 23.1 Å². The normalized spacial score (nSPS) is 17.1. The summed E-state index contributed by atoms with van der Waals surface area (Å²) in [5.74, 6) is 2.11. The molecule has 0 saturated carbocycles. The summed E-state index contributed by atoms with van der Waals surface area (Å²) in [4.78, 5) is 14.7. The summed E-state index contributed by atoms with van der Waals surface area (Å²) in [6.45, 7) is 11.3. The number of benzene rings is 3. The van der Waals surface area contributed by atoms with Gasteiger partial charge >= 0.3 is 0 Å². The number of nitrogens with one attached hydrogen (secondary N) is 2. The van der Waals surface area contributed by atoms with Gasteiger partial charge in [0.1, 0.15) is 17.3 Å². The number of ether oxygens (including phenoxy) is 2. The van der Waals surface area contributed by atoms with Gasteiger partial charge < -0.3 is 19.7 Å². The Morgan fingerprint density at radius 1 is 1.04 bits per heavy atom. The minimum atomic E-state index is -3.60. The molecule has 11 nitrogen and oxygen atoms in total. The van der Waals surface area contributed by atoms with Gasteiger partial charge in [-0.1, -0.05) is 42.5 Å². The average Bonchev–Trinajstić information content (AvgIpc) is 3.68. The van der Waals surface area contributed by atoms with Crippen molar-refractivity contribution in [2.45, 2.75) is 62.8 Å². The molecule has 12 heteroatoms. The maximum absolute atomic E-state index is 13.4. The monoisotopic (exact) mass is 681 g/mol. The second kappa shape index (κ2) is 13.4. The predicted molar refractivity (Wildman–Crippen MR) is 193 cm³/mol. The van der Waals surface area contributed by atoms with Crippen molar-refractivity contribution in [1.82, 2.24) is 25.1 Å². The van der Waals surface area contributed by atoms with Crippen molar-refractivity contribution in [2.24, 2.45) is 0 Å². The summed E-state index contributed by atoms with van der Waals surface area (Å²) in [5.41, 5.74) is 5.91. The topological polar surface area (TPSA) is 126 Å². The van der Waals surface area contributed by atoms with Crippen molar-refractivity contribution in [1.29, 1.82) is 0 Å². The number of methoxy groups -OCH3 is 1. The fourth-order valence-corrected chi connectivity index (χ4v) is 8.12. The summed E-state index contributed by atoms with van der Waals surface area (Å²) >= 11 is 0. The molecule has 0 aliphatic carbocycles. The summed E-state index contributed by atoms with van der Waals surface area (Å²) < 4.78 is 38.6. The zero-order valence-electron chi connectivity index (χ0n) is 28.6. The first-order valence-corrected chi connectivity index (χ1v) is 18.4. The number of hydrogen-bond acceptors (Lipinski definition) is 10. The van der Waals surface area contributed by atoms with E-state index in [1.54, 1.807) is 39.2 Å². The van der Waals surface area contributed by atoms with Crippen molar-refractivity contribution in [2.75, 3.05) is 43.6 Å². The fraction of sp³-hybridized carbons (Fsp3) is 0.378. The van der Waals surface area contributed by atoms with Crippen LogP contribution in [0.15, 0.2) is 71.6 Å². The number of aryl methyl sites for hydroxylation is 1. The zero-order valence-corrected chi connectivity index (χ0v) is 29.4. The Hall–Kier alpha value is -4.52. The van der Waals surface area contributed by atoms with Crippen LogP contribution in [0.3, 0.4) is 0 Å². The molecule has 0 bridgehead atoms. The van der Waals surface area contributed by atoms with Crippen LogP contribution in [0.1, 0.15) is 50.7 Å². The Balaban J connectivity index is 1.29. The molecule has 256 valence electrons. The number of rotatable bonds is 10. The van der Waals surface area contributed by atoms with Crippen molar-refractivity contribution < 1.29 is 17.9 Å². The lowest BCUT2D eigenvalue weighted by Gasteiger charge is -2.32. The molecule has 1 fully saturated rings. The van der Waals surface area contributed by atoms with Crippen LogP contribution in [0, 0.1) is 6.92 Å². The lowest BCUT2D eigenvalue weighted by Crippen LogP contribution is -2.35. The van der Waals surface area contributed by atoms with E-state index in [0.29, 0.717) is 40.1 Å². The SMILES string of the molecule is COCCN1CCC(c2cc3c(cc2C)N(c2nc(Nc4ccccc4S(=O)(=O)C(C)C)c4c(-c5ccccc5)n[nH]c4n2)C(C)O3)CC1. The molecule has 0 spiro atoms. The van der Waals surface area contributed by atoms with Crippen LogP contribution in [0.25, 0.3) is 22.3 Å². The number of aromatic nitrogens is 4. The number of hydrogen-bond donors (Lipinski definition) is 2. The molecule has 2 aliphatic heterocycles. The Labute approximate surface area is 287 Å². The number of nitrogens with zero attached hydrogens (tertiary/aromatic N) is 5. The number of fused-ring (bicyclic) bond motifs is 2. The highest BCUT2D eigenvalue weighted by molar-refractivity contribution is 7.92. The zero-order chi connectivity index (χ0) is 34.3. The summed E-state index contributed by atoms with van der Waals surface area (Å²) in [7, 11) is -1.85. The van der Waals surface area contributed by atoms with E-state index in [1.165, 1.54) is 11.1 Å². The van der Waals surface area contributed by atoms with Crippen LogP contribution in [-0.4, -0.2) is 78.3 Å². The lowest BCUT2D eigenvalue weighted by molar-refractivity contribution is 0.130. The highest BCUT2D eigenvalue weighted by Crippen LogP contribution is 2.46. The van der Waals surface area contributed by atoms with Crippen molar-refractivity contribution in [3.8, 4) is 17.0 Å². The van der Waals surface area contributed by atoms with Gasteiger partial charge in [0.15, 0.2) is 21.7 Å². The molecule has 7 rings (SSSR count). The number of piperidine rings is 1. The molecule has 1 atom stereocenters. The van der Waals surface area contributed by atoms with Gasteiger partial charge in [0.2, 0.25) is 5.95 Å². The molecule has 2 aromatic heterocycles. The highest BCUT2D eigenvalue weighted by atomic mass is 32.2. The Morgan fingerprint density at radius 3 is 2.51 bits per heavy atom. The molecule has 1 saturated heterocycles. The van der Waals surface area contributed by atoms with E-state index in [4.69, 9.17) is 19.4 Å². The van der Waals surface area contributed by atoms with Crippen LogP contribution in [0.2, 0.25) is 0 Å². The number of likely N-dealkylation sites (tertiary alicyclic amines) is 1. The van der Waals surface area contributed by atoms with Gasteiger partial charge in [-0.15, -0.1) is 0 Å². The van der Waals surface area contributed by atoms with E-state index in [0.717, 1.165) is 56.1 Å². The highest BCUT2D eigenvalue weighted by Gasteiger charge is 2.34. The van der Waals surface area contributed by atoms with Crippen LogP contribution in [0.5, 0.6) is 5.75 Å². The molecule has 2 N–H and O–H groups in total. The summed E-state index contributed by atoms with van der Waals surface area (Å²) in [6, 6.07) is 21.1. The maximum atomic E-state index is 13.4. The van der Waals surface area contributed by atoms with E-state index in [9.17, 15) is 8.42 Å². The standard InChI is InChI=1S/C37H43N7O4S/c1-23(2)49(45,46)32-14-10-9-13-29(32)38-35-33-34(27-11-7-6-8-12-27)41-42-36(33)40-37(39-35)44-25(4)48-31-22-28(24(3)21-30(31)44)26-15-17-43(18-16-26)19-20-47-5/h6-14,21-23,25-26H,15-20H2,1-5H3,(H2,38,39,40,41,42). The minimum Gasteiger partial charge on any atom is -0.468 e. The minimum absolute atomic E-state index is 0.207. The third-order valence-electron chi connectivity index (χ3n) is 9.64. The number of sulfone groups is 1. The maximum Gasteiger partial charge on any atom is 0.237 e. The van der Waals surface area contributed by atoms with Crippen LogP contribution < -0.4 is 15.0 Å². The second-order valence-electron chi connectivity index (χ2n) is 13.1. The Bertz CT molecular complexity index is 2080. The average molecular weight is 682 g/mol. The molecule has 1 unspecified atom stereocenters. The van der Waals surface area contributed by atoms with Crippen molar-refractivity contribution in [3.05, 3.63) is 77.9 Å². The van der Waals surface area contributed by atoms with Gasteiger partial charge in [-0.2, -0.15) is 15.1 Å². The molecule has 0 radical (unpaired) electrons. The Morgan fingerprint density at radius 2 is 1.78 bits per heavy atom. The molecule has 4 heterocycles. The van der Waals surface area contributed by atoms with E-state index in [1.807, 2.05) is 48.2 Å². The molecule has 49 heavy (non-hydrogen) atoms. The van der Waals surface area contributed by atoms with E-state index in [-0.39, 0.29) is 11.1 Å². The lowest BCUT2D eigenvalue weighted by atomic mass is 9.86. The van der Waals surface area contributed by atoms with Gasteiger partial charge in [0.05, 0.1) is 33.5 Å². The quantitative estimate of drug-likeness (QED) is 0.160. The molecular formula is C37H43N7O4S. The number of H-pyrrole nitrogens is 1. The first-order valence-electron chi connectivity index (χ1n) is 16.9. The van der Waals surface area contributed by atoms with Gasteiger partial charge in [0, 0.05) is 19.2 Å². The van der Waals surface area contributed by atoms with E-state index >= 15 is 0 Å². The van der Waals surface area contributed by atoms with Crippen LogP contribution in [-0.2, 0) is 14.6 Å². The van der Waals surface area contributed by atoms with Gasteiger partial charge in [-0.3, -0.25) is 10.00 Å². The summed E-state index contributed by atoms with van der Waals surface area (Å²) in [6.07, 6.45) is 1.81. The fourth-order valence-electron chi connectivity index (χ4n) is 6.92. The first-order chi connectivity index (χ1) is 23.7.